The summed E-state index contributed by atoms with van der Waals surface area (Å²) >= 11 is 0. The molecular formula is C31H49N5O3. The van der Waals surface area contributed by atoms with Gasteiger partial charge in [0.05, 0.1) is 5.92 Å². The molecule has 0 bridgehead atoms. The topological polar surface area (TPSA) is 78.0 Å². The fraction of sp³-hybridized carbons (Fsp3) is 0.774. The number of nitrogens with one attached hydrogen (secondary N) is 1. The molecule has 4 aliphatic heterocycles. The van der Waals surface area contributed by atoms with Crippen molar-refractivity contribution in [2.45, 2.75) is 96.2 Å². The van der Waals surface area contributed by atoms with E-state index < -0.39 is 0 Å². The van der Waals surface area contributed by atoms with E-state index >= 15 is 0 Å². The van der Waals surface area contributed by atoms with Crippen LogP contribution >= 0.6 is 0 Å². The van der Waals surface area contributed by atoms with Crippen molar-refractivity contribution in [1.29, 1.82) is 0 Å². The van der Waals surface area contributed by atoms with Gasteiger partial charge in [0.25, 0.3) is 0 Å². The number of carbonyl (C=O) groups is 2. The predicted octanol–water partition coefficient (Wildman–Crippen LogP) is 4.69. The maximum Gasteiger partial charge on any atom is 0.416 e. The number of amides is 2. The number of pyridine rings is 1. The molecule has 1 aromatic rings. The Kier molecular flexibility index (Phi) is 8.53. The van der Waals surface area contributed by atoms with Crippen molar-refractivity contribution in [3.05, 3.63) is 24.4 Å². The van der Waals surface area contributed by atoms with Crippen molar-refractivity contribution in [3.8, 4) is 0 Å². The molecule has 1 spiro atoms. The molecule has 0 saturated carbocycles. The number of rotatable bonds is 6. The predicted molar refractivity (Wildman–Crippen MR) is 154 cm³/mol. The third-order valence-corrected chi connectivity index (χ3v) is 10.5. The van der Waals surface area contributed by atoms with Crippen LogP contribution in [0.1, 0.15) is 79.1 Å². The van der Waals surface area contributed by atoms with Crippen molar-refractivity contribution < 1.29 is 14.3 Å². The fourth-order valence-electron chi connectivity index (χ4n) is 7.75. The van der Waals surface area contributed by atoms with Crippen LogP contribution in [0, 0.1) is 17.8 Å². The summed E-state index contributed by atoms with van der Waals surface area (Å²) in [5, 5.41) is 3.51. The first-order valence-electron chi connectivity index (χ1n) is 15.4. The highest BCUT2D eigenvalue weighted by molar-refractivity contribution is 5.87. The average Bonchev–Trinajstić information content (AvgIpc) is 2.93. The molecule has 0 aromatic carbocycles. The molecule has 5 rings (SSSR count). The standard InChI is InChI=1S/C31H49N5O3/c1-5-6-9-25-22-36(26-10-7-8-16-33-26)29(38)39-31(25)14-20-35(21-15-31)30(4)12-18-34(19-13-30)28(37)27-23(2)11-17-32-24(27)3/h7-8,10,16,23-25,27,32H,5-6,9,11-15,17-22H2,1-4H3. The maximum atomic E-state index is 13.5. The van der Waals surface area contributed by atoms with E-state index in [0.717, 1.165) is 84.1 Å². The van der Waals surface area contributed by atoms with Crippen LogP contribution in [0.3, 0.4) is 0 Å². The van der Waals surface area contributed by atoms with Crippen LogP contribution in [-0.4, -0.2) is 83.2 Å². The number of ether oxygens (including phenoxy) is 1. The van der Waals surface area contributed by atoms with E-state index in [2.05, 4.69) is 47.8 Å². The minimum absolute atomic E-state index is 0.0814. The second-order valence-corrected chi connectivity index (χ2v) is 12.9. The van der Waals surface area contributed by atoms with Gasteiger partial charge in [-0.25, -0.2) is 9.78 Å². The highest BCUT2D eigenvalue weighted by Crippen LogP contribution is 2.44. The lowest BCUT2D eigenvalue weighted by molar-refractivity contribution is -0.143. The summed E-state index contributed by atoms with van der Waals surface area (Å²) in [6.45, 7) is 14.2. The quantitative estimate of drug-likeness (QED) is 0.565. The van der Waals surface area contributed by atoms with E-state index in [1.165, 1.54) is 0 Å². The third kappa shape index (κ3) is 5.69. The molecule has 8 heteroatoms. The molecule has 4 fully saturated rings. The lowest BCUT2D eigenvalue weighted by atomic mass is 9.74. The normalized spacial score (nSPS) is 31.2. The molecule has 4 saturated heterocycles. The Morgan fingerprint density at radius 2 is 1.87 bits per heavy atom. The number of unbranched alkanes of at least 4 members (excludes halogenated alkanes) is 1. The summed E-state index contributed by atoms with van der Waals surface area (Å²) < 4.78 is 6.36. The van der Waals surface area contributed by atoms with Gasteiger partial charge in [-0.15, -0.1) is 0 Å². The first-order chi connectivity index (χ1) is 18.8. The van der Waals surface area contributed by atoms with Crippen LogP contribution in [0.2, 0.25) is 0 Å². The van der Waals surface area contributed by atoms with Crippen LogP contribution in [0.15, 0.2) is 24.4 Å². The summed E-state index contributed by atoms with van der Waals surface area (Å²) in [4.78, 5) is 37.6. The molecule has 4 unspecified atom stereocenters. The molecule has 5 heterocycles. The third-order valence-electron chi connectivity index (χ3n) is 10.5. The summed E-state index contributed by atoms with van der Waals surface area (Å²) in [6.07, 6.45) is 9.65. The molecular weight excluding hydrogens is 490 g/mol. The maximum absolute atomic E-state index is 13.5. The van der Waals surface area contributed by atoms with E-state index in [9.17, 15) is 9.59 Å². The Bertz CT molecular complexity index is 977. The first kappa shape index (κ1) is 28.3. The van der Waals surface area contributed by atoms with Crippen molar-refractivity contribution in [2.75, 3.05) is 44.2 Å². The second-order valence-electron chi connectivity index (χ2n) is 12.9. The van der Waals surface area contributed by atoms with Crippen molar-refractivity contribution >= 4 is 17.8 Å². The molecule has 2 amide bonds. The van der Waals surface area contributed by atoms with Gasteiger partial charge in [0.15, 0.2) is 0 Å². The summed E-state index contributed by atoms with van der Waals surface area (Å²) in [6, 6.07) is 5.94. The molecule has 4 atom stereocenters. The van der Waals surface area contributed by atoms with Gasteiger partial charge in [-0.2, -0.15) is 0 Å². The number of likely N-dealkylation sites (tertiary alicyclic amines) is 2. The zero-order chi connectivity index (χ0) is 27.6. The van der Waals surface area contributed by atoms with Crippen molar-refractivity contribution in [3.63, 3.8) is 0 Å². The lowest BCUT2D eigenvalue weighted by Crippen LogP contribution is -2.64. The number of aromatic nitrogens is 1. The molecule has 216 valence electrons. The highest BCUT2D eigenvalue weighted by Gasteiger charge is 2.52. The number of hydrogen-bond acceptors (Lipinski definition) is 6. The minimum Gasteiger partial charge on any atom is -0.442 e. The summed E-state index contributed by atoms with van der Waals surface area (Å²) in [5.74, 6) is 1.85. The van der Waals surface area contributed by atoms with E-state index in [-0.39, 0.29) is 29.2 Å². The number of anilines is 1. The lowest BCUT2D eigenvalue weighted by Gasteiger charge is -2.55. The Morgan fingerprint density at radius 3 is 2.51 bits per heavy atom. The fourth-order valence-corrected chi connectivity index (χ4v) is 7.75. The summed E-state index contributed by atoms with van der Waals surface area (Å²) in [7, 11) is 0. The Hall–Kier alpha value is -2.19. The van der Waals surface area contributed by atoms with E-state index in [1.54, 1.807) is 11.1 Å². The average molecular weight is 540 g/mol. The van der Waals surface area contributed by atoms with Gasteiger partial charge in [0, 0.05) is 69.3 Å². The largest absolute Gasteiger partial charge is 0.442 e. The molecule has 0 radical (unpaired) electrons. The van der Waals surface area contributed by atoms with Gasteiger partial charge < -0.3 is 15.0 Å². The van der Waals surface area contributed by atoms with Crippen molar-refractivity contribution in [2.24, 2.45) is 17.8 Å². The minimum atomic E-state index is -0.388. The van der Waals surface area contributed by atoms with Gasteiger partial charge in [-0.1, -0.05) is 32.8 Å². The van der Waals surface area contributed by atoms with Gasteiger partial charge >= 0.3 is 6.09 Å². The highest BCUT2D eigenvalue weighted by atomic mass is 16.6. The molecule has 8 nitrogen and oxygen atoms in total. The van der Waals surface area contributed by atoms with Crippen LogP contribution in [0.5, 0.6) is 0 Å². The molecule has 1 aromatic heterocycles. The van der Waals surface area contributed by atoms with Crippen LogP contribution < -0.4 is 10.2 Å². The van der Waals surface area contributed by atoms with Gasteiger partial charge in [-0.05, 0) is 64.1 Å². The SMILES string of the molecule is CCCCC1CN(c2ccccn2)C(=O)OC12CCN(C1(C)CCN(C(=O)C3C(C)CCNC3C)CC1)CC2. The number of nitrogens with zero attached hydrogens (tertiary/aromatic N) is 4. The van der Waals surface area contributed by atoms with Gasteiger partial charge in [0.1, 0.15) is 11.4 Å². The Balaban J connectivity index is 1.21. The van der Waals surface area contributed by atoms with Crippen LogP contribution in [0.4, 0.5) is 10.6 Å². The monoisotopic (exact) mass is 539 g/mol. The van der Waals surface area contributed by atoms with Crippen LogP contribution in [0.25, 0.3) is 0 Å². The molecule has 1 N–H and O–H groups in total. The van der Waals surface area contributed by atoms with Crippen molar-refractivity contribution in [1.82, 2.24) is 20.1 Å². The first-order valence-corrected chi connectivity index (χ1v) is 15.4. The van der Waals surface area contributed by atoms with E-state index in [4.69, 9.17) is 4.74 Å². The zero-order valence-electron chi connectivity index (χ0n) is 24.5. The smallest absolute Gasteiger partial charge is 0.416 e. The van der Waals surface area contributed by atoms with E-state index in [0.29, 0.717) is 30.1 Å². The zero-order valence-corrected chi connectivity index (χ0v) is 24.5. The number of piperidine rings is 3. The van der Waals surface area contributed by atoms with E-state index in [1.807, 2.05) is 18.2 Å². The second kappa shape index (κ2) is 11.7. The van der Waals surface area contributed by atoms with Crippen LogP contribution in [-0.2, 0) is 9.53 Å². The molecule has 39 heavy (non-hydrogen) atoms. The summed E-state index contributed by atoms with van der Waals surface area (Å²) in [5.41, 5.74) is -0.306. The van der Waals surface area contributed by atoms with Gasteiger partial charge in [0.2, 0.25) is 5.91 Å². The number of hydrogen-bond donors (Lipinski definition) is 1. The Morgan fingerprint density at radius 1 is 1.13 bits per heavy atom. The number of carbonyl (C=O) groups excluding carboxylic acids is 2. The van der Waals surface area contributed by atoms with Gasteiger partial charge in [-0.3, -0.25) is 14.6 Å². The molecule has 4 aliphatic rings. The molecule has 0 aliphatic carbocycles. The Labute approximate surface area is 234 Å².